The van der Waals surface area contributed by atoms with E-state index in [1.807, 2.05) is 0 Å². The van der Waals surface area contributed by atoms with E-state index in [0.29, 0.717) is 17.9 Å². The lowest BCUT2D eigenvalue weighted by molar-refractivity contribution is 0.0233. The van der Waals surface area contributed by atoms with Gasteiger partial charge in [-0.2, -0.15) is 0 Å². The zero-order chi connectivity index (χ0) is 9.19. The van der Waals surface area contributed by atoms with Crippen molar-refractivity contribution in [1.82, 2.24) is 0 Å². The van der Waals surface area contributed by atoms with Crippen LogP contribution in [0.5, 0.6) is 0 Å². The second kappa shape index (κ2) is 3.78. The fourth-order valence-corrected chi connectivity index (χ4v) is 2.73. The van der Waals surface area contributed by atoms with Gasteiger partial charge in [0.2, 0.25) is 0 Å². The van der Waals surface area contributed by atoms with Crippen LogP contribution in [0.2, 0.25) is 0 Å². The second-order valence-corrected chi connectivity index (χ2v) is 4.84. The van der Waals surface area contributed by atoms with Crippen molar-refractivity contribution < 1.29 is 5.11 Å². The van der Waals surface area contributed by atoms with Gasteiger partial charge >= 0.3 is 0 Å². The summed E-state index contributed by atoms with van der Waals surface area (Å²) in [7, 11) is 0. The van der Waals surface area contributed by atoms with E-state index in [4.69, 9.17) is 0 Å². The highest BCUT2D eigenvalue weighted by Gasteiger charge is 2.37. The molecule has 1 nitrogen and oxygen atoms in total. The molecule has 0 radical (unpaired) electrons. The van der Waals surface area contributed by atoms with Gasteiger partial charge in [-0.25, -0.2) is 0 Å². The third-order valence-electron chi connectivity index (χ3n) is 3.69. The fourth-order valence-electron chi connectivity index (χ4n) is 2.73. The molecule has 0 aromatic carbocycles. The fraction of sp³-hybridized carbons (Fsp3) is 1.00. The zero-order valence-electron chi connectivity index (χ0n) is 8.64. The predicted octanol–water partition coefficient (Wildman–Crippen LogP) is 2.83. The first-order valence-electron chi connectivity index (χ1n) is 5.22. The Balaban J connectivity index is 2.66. The van der Waals surface area contributed by atoms with E-state index >= 15 is 0 Å². The third-order valence-corrected chi connectivity index (χ3v) is 3.69. The topological polar surface area (TPSA) is 20.2 Å². The number of hydrogen-bond acceptors (Lipinski definition) is 1. The Hall–Kier alpha value is -0.0400. The molecule has 0 unspecified atom stereocenters. The Morgan fingerprint density at radius 3 is 2.50 bits per heavy atom. The Bertz CT molecular complexity index is 140. The van der Waals surface area contributed by atoms with Gasteiger partial charge in [0.1, 0.15) is 0 Å². The highest BCUT2D eigenvalue weighted by Crippen LogP contribution is 2.44. The Kier molecular flexibility index (Phi) is 3.16. The van der Waals surface area contributed by atoms with Crippen LogP contribution < -0.4 is 0 Å². The summed E-state index contributed by atoms with van der Waals surface area (Å²) in [5, 5.41) is 9.33. The maximum absolute atomic E-state index is 9.33. The van der Waals surface area contributed by atoms with Crippen molar-refractivity contribution in [3.05, 3.63) is 0 Å². The molecule has 1 heteroatoms. The minimum absolute atomic E-state index is 0.369. The highest BCUT2D eigenvalue weighted by atomic mass is 16.3. The van der Waals surface area contributed by atoms with Gasteiger partial charge in [-0.1, -0.05) is 40.0 Å². The van der Waals surface area contributed by atoms with Crippen molar-refractivity contribution in [3.8, 4) is 0 Å². The number of aliphatic hydroxyl groups is 1. The molecule has 0 aliphatic heterocycles. The standard InChI is InChI=1S/C11H22O/c1-4-9-6-5-7-11(2,3)10(9)8-12/h9-10,12H,4-8H2,1-3H3/t9-,10+/m1/s1. The molecule has 1 N–H and O–H groups in total. The van der Waals surface area contributed by atoms with Gasteiger partial charge in [-0.3, -0.25) is 0 Å². The summed E-state index contributed by atoms with van der Waals surface area (Å²) in [5.41, 5.74) is 0.369. The Labute approximate surface area is 76.2 Å². The first kappa shape index (κ1) is 10.0. The van der Waals surface area contributed by atoms with Crippen LogP contribution in [0.1, 0.15) is 46.5 Å². The molecule has 0 aromatic heterocycles. The SMILES string of the molecule is CC[C@@H]1CCCC(C)(C)[C@H]1CO. The van der Waals surface area contributed by atoms with Crippen LogP contribution in [0.15, 0.2) is 0 Å². The summed E-state index contributed by atoms with van der Waals surface area (Å²) < 4.78 is 0. The predicted molar refractivity (Wildman–Crippen MR) is 52.0 cm³/mol. The van der Waals surface area contributed by atoms with E-state index in [-0.39, 0.29) is 0 Å². The smallest absolute Gasteiger partial charge is 0.0467 e. The van der Waals surface area contributed by atoms with Gasteiger partial charge in [0.05, 0.1) is 0 Å². The molecule has 1 aliphatic rings. The van der Waals surface area contributed by atoms with Crippen molar-refractivity contribution in [2.45, 2.75) is 46.5 Å². The summed E-state index contributed by atoms with van der Waals surface area (Å²) >= 11 is 0. The van der Waals surface area contributed by atoms with E-state index in [0.717, 1.165) is 5.92 Å². The van der Waals surface area contributed by atoms with E-state index in [1.165, 1.54) is 25.7 Å². The van der Waals surface area contributed by atoms with Crippen LogP contribution in [0.3, 0.4) is 0 Å². The molecule has 0 amide bonds. The minimum atomic E-state index is 0.369. The first-order chi connectivity index (χ1) is 5.61. The highest BCUT2D eigenvalue weighted by molar-refractivity contribution is 4.87. The number of rotatable bonds is 2. The molecular weight excluding hydrogens is 148 g/mol. The molecule has 0 heterocycles. The van der Waals surface area contributed by atoms with E-state index in [1.54, 1.807) is 0 Å². The van der Waals surface area contributed by atoms with Gasteiger partial charge in [-0.05, 0) is 23.7 Å². The van der Waals surface area contributed by atoms with Crippen LogP contribution in [0.25, 0.3) is 0 Å². The van der Waals surface area contributed by atoms with E-state index < -0.39 is 0 Å². The van der Waals surface area contributed by atoms with Crippen LogP contribution in [0, 0.1) is 17.3 Å². The van der Waals surface area contributed by atoms with Crippen molar-refractivity contribution in [2.75, 3.05) is 6.61 Å². The van der Waals surface area contributed by atoms with Crippen LogP contribution in [-0.2, 0) is 0 Å². The van der Waals surface area contributed by atoms with E-state index in [2.05, 4.69) is 20.8 Å². The summed E-state index contributed by atoms with van der Waals surface area (Å²) in [5.74, 6) is 1.30. The monoisotopic (exact) mass is 170 g/mol. The molecule has 0 aromatic rings. The van der Waals surface area contributed by atoms with Gasteiger partial charge in [0.25, 0.3) is 0 Å². The second-order valence-electron chi connectivity index (χ2n) is 4.84. The van der Waals surface area contributed by atoms with Gasteiger partial charge in [0.15, 0.2) is 0 Å². The normalized spacial score (nSPS) is 35.0. The van der Waals surface area contributed by atoms with Crippen molar-refractivity contribution in [1.29, 1.82) is 0 Å². The maximum Gasteiger partial charge on any atom is 0.0467 e. The molecule has 72 valence electrons. The van der Waals surface area contributed by atoms with Gasteiger partial charge < -0.3 is 5.11 Å². The van der Waals surface area contributed by atoms with Crippen LogP contribution in [0.4, 0.5) is 0 Å². The molecule has 2 atom stereocenters. The van der Waals surface area contributed by atoms with E-state index in [9.17, 15) is 5.11 Å². The maximum atomic E-state index is 9.33. The lowest BCUT2D eigenvalue weighted by atomic mass is 9.63. The summed E-state index contributed by atoms with van der Waals surface area (Å²) in [6, 6.07) is 0. The summed E-state index contributed by atoms with van der Waals surface area (Å²) in [4.78, 5) is 0. The summed E-state index contributed by atoms with van der Waals surface area (Å²) in [6.07, 6.45) is 5.19. The Morgan fingerprint density at radius 2 is 2.08 bits per heavy atom. The van der Waals surface area contributed by atoms with Crippen LogP contribution >= 0.6 is 0 Å². The Morgan fingerprint density at radius 1 is 1.42 bits per heavy atom. The van der Waals surface area contributed by atoms with Crippen molar-refractivity contribution in [3.63, 3.8) is 0 Å². The minimum Gasteiger partial charge on any atom is -0.396 e. The largest absolute Gasteiger partial charge is 0.396 e. The van der Waals surface area contributed by atoms with Crippen molar-refractivity contribution >= 4 is 0 Å². The molecule has 1 aliphatic carbocycles. The molecular formula is C11H22O. The lowest BCUT2D eigenvalue weighted by Crippen LogP contribution is -2.37. The molecule has 1 rings (SSSR count). The first-order valence-corrected chi connectivity index (χ1v) is 5.22. The molecule has 12 heavy (non-hydrogen) atoms. The average Bonchev–Trinajstić information content (AvgIpc) is 2.02. The molecule has 1 saturated carbocycles. The number of hydrogen-bond donors (Lipinski definition) is 1. The van der Waals surface area contributed by atoms with Gasteiger partial charge in [0, 0.05) is 6.61 Å². The number of aliphatic hydroxyl groups excluding tert-OH is 1. The molecule has 0 saturated heterocycles. The average molecular weight is 170 g/mol. The summed E-state index contributed by atoms with van der Waals surface area (Å²) in [6.45, 7) is 7.23. The molecule has 0 spiro atoms. The zero-order valence-corrected chi connectivity index (χ0v) is 8.64. The van der Waals surface area contributed by atoms with Gasteiger partial charge in [-0.15, -0.1) is 0 Å². The quantitative estimate of drug-likeness (QED) is 0.675. The van der Waals surface area contributed by atoms with Crippen LogP contribution in [-0.4, -0.2) is 11.7 Å². The molecule has 1 fully saturated rings. The third kappa shape index (κ3) is 1.82. The van der Waals surface area contributed by atoms with Crippen molar-refractivity contribution in [2.24, 2.45) is 17.3 Å². The lowest BCUT2D eigenvalue weighted by Gasteiger charge is -2.43. The molecule has 0 bridgehead atoms.